The highest BCUT2D eigenvalue weighted by atomic mass is 16.1. The van der Waals surface area contributed by atoms with Gasteiger partial charge in [-0.2, -0.15) is 0 Å². The van der Waals surface area contributed by atoms with E-state index < -0.39 is 0 Å². The summed E-state index contributed by atoms with van der Waals surface area (Å²) in [4.78, 5) is 19.2. The van der Waals surface area contributed by atoms with E-state index in [0.29, 0.717) is 6.54 Å². The normalized spacial score (nSPS) is 10.4. The highest BCUT2D eigenvalue weighted by Gasteiger charge is 2.00. The van der Waals surface area contributed by atoms with Crippen LogP contribution in [0, 0.1) is 0 Å². The lowest BCUT2D eigenvalue weighted by Crippen LogP contribution is -2.20. The molecular formula is C9H10N4O. The molecule has 0 radical (unpaired) electrons. The Balaban J connectivity index is 2.32. The molecule has 2 rings (SSSR count). The number of hydrogen-bond acceptors (Lipinski definition) is 3. The van der Waals surface area contributed by atoms with Crippen molar-refractivity contribution < 1.29 is 0 Å². The predicted molar refractivity (Wildman–Crippen MR) is 50.8 cm³/mol. The minimum absolute atomic E-state index is 0.0544. The summed E-state index contributed by atoms with van der Waals surface area (Å²) in [5.74, 6) is 0. The summed E-state index contributed by atoms with van der Waals surface area (Å²) in [6.07, 6.45) is 6.45. The van der Waals surface area contributed by atoms with Crippen LogP contribution in [0.2, 0.25) is 0 Å². The fourth-order valence-electron chi connectivity index (χ4n) is 1.21. The van der Waals surface area contributed by atoms with Crippen LogP contribution in [0.4, 0.5) is 0 Å². The van der Waals surface area contributed by atoms with E-state index in [1.807, 2.05) is 11.6 Å². The Morgan fingerprint density at radius 1 is 1.36 bits per heavy atom. The van der Waals surface area contributed by atoms with Crippen LogP contribution < -0.4 is 5.56 Å². The Kier molecular flexibility index (Phi) is 2.14. The maximum atomic E-state index is 11.4. The summed E-state index contributed by atoms with van der Waals surface area (Å²) in [6.45, 7) is 0.503. The Morgan fingerprint density at radius 3 is 2.86 bits per heavy atom. The van der Waals surface area contributed by atoms with Gasteiger partial charge < -0.3 is 4.57 Å². The minimum atomic E-state index is -0.0544. The Labute approximate surface area is 80.7 Å². The first-order valence-electron chi connectivity index (χ1n) is 4.23. The van der Waals surface area contributed by atoms with Crippen LogP contribution in [-0.4, -0.2) is 19.1 Å². The van der Waals surface area contributed by atoms with E-state index in [9.17, 15) is 4.79 Å². The third-order valence-corrected chi connectivity index (χ3v) is 2.04. The molecule has 5 nitrogen and oxygen atoms in total. The van der Waals surface area contributed by atoms with Gasteiger partial charge in [0.25, 0.3) is 5.56 Å². The molecule has 0 N–H and O–H groups in total. The highest BCUT2D eigenvalue weighted by molar-refractivity contribution is 4.99. The molecule has 0 saturated carbocycles. The van der Waals surface area contributed by atoms with E-state index in [0.717, 1.165) is 5.69 Å². The van der Waals surface area contributed by atoms with Gasteiger partial charge in [0, 0.05) is 25.5 Å². The molecule has 0 atom stereocenters. The molecule has 0 bridgehead atoms. The van der Waals surface area contributed by atoms with Crippen LogP contribution in [0.25, 0.3) is 0 Å². The molecule has 0 saturated heterocycles. The zero-order valence-corrected chi connectivity index (χ0v) is 7.79. The predicted octanol–water partition coefficient (Wildman–Crippen LogP) is 0.0251. The van der Waals surface area contributed by atoms with Gasteiger partial charge in [-0.15, -0.1) is 0 Å². The van der Waals surface area contributed by atoms with Crippen LogP contribution >= 0.6 is 0 Å². The van der Waals surface area contributed by atoms with Crippen molar-refractivity contribution in [1.29, 1.82) is 0 Å². The second-order valence-corrected chi connectivity index (χ2v) is 3.04. The number of aromatic nitrogens is 4. The van der Waals surface area contributed by atoms with E-state index in [-0.39, 0.29) is 5.56 Å². The van der Waals surface area contributed by atoms with Crippen LogP contribution in [0.3, 0.4) is 0 Å². The summed E-state index contributed by atoms with van der Waals surface area (Å²) in [5, 5.41) is 0. The van der Waals surface area contributed by atoms with Gasteiger partial charge >= 0.3 is 0 Å². The van der Waals surface area contributed by atoms with Crippen molar-refractivity contribution in [2.45, 2.75) is 6.54 Å². The number of nitrogens with zero attached hydrogens (tertiary/aromatic N) is 4. The molecule has 2 aromatic heterocycles. The van der Waals surface area contributed by atoms with Gasteiger partial charge in [0.15, 0.2) is 0 Å². The molecule has 2 aromatic rings. The molecule has 0 aromatic carbocycles. The third kappa shape index (κ3) is 1.56. The first kappa shape index (κ1) is 8.68. The van der Waals surface area contributed by atoms with Crippen LogP contribution in [-0.2, 0) is 13.6 Å². The standard InChI is InChI=1S/C9H10N4O/c1-12-6-11-4-8(12)5-13-7-10-3-2-9(13)14/h2-4,6-7H,5H2,1H3. The smallest absolute Gasteiger partial charge is 0.253 e. The quantitative estimate of drug-likeness (QED) is 0.671. The Bertz CT molecular complexity index is 485. The van der Waals surface area contributed by atoms with Crippen molar-refractivity contribution >= 4 is 0 Å². The van der Waals surface area contributed by atoms with Crippen molar-refractivity contribution in [3.05, 3.63) is 47.2 Å². The number of aryl methyl sites for hydroxylation is 1. The molecule has 14 heavy (non-hydrogen) atoms. The third-order valence-electron chi connectivity index (χ3n) is 2.04. The summed E-state index contributed by atoms with van der Waals surface area (Å²) in [7, 11) is 1.89. The van der Waals surface area contributed by atoms with E-state index in [4.69, 9.17) is 0 Å². The summed E-state index contributed by atoms with van der Waals surface area (Å²) in [6, 6.07) is 1.44. The van der Waals surface area contributed by atoms with Gasteiger partial charge in [-0.1, -0.05) is 0 Å². The molecule has 0 spiro atoms. The monoisotopic (exact) mass is 190 g/mol. The average molecular weight is 190 g/mol. The maximum absolute atomic E-state index is 11.4. The fourth-order valence-corrected chi connectivity index (χ4v) is 1.21. The summed E-state index contributed by atoms with van der Waals surface area (Å²) >= 11 is 0. The minimum Gasteiger partial charge on any atom is -0.336 e. The Morgan fingerprint density at radius 2 is 2.21 bits per heavy atom. The lowest BCUT2D eigenvalue weighted by molar-refractivity contribution is 0.685. The van der Waals surface area contributed by atoms with Crippen molar-refractivity contribution in [2.75, 3.05) is 0 Å². The van der Waals surface area contributed by atoms with Gasteiger partial charge in [-0.25, -0.2) is 9.97 Å². The zero-order chi connectivity index (χ0) is 9.97. The SMILES string of the molecule is Cn1cncc1Cn1cnccc1=O. The van der Waals surface area contributed by atoms with Gasteiger partial charge in [0.1, 0.15) is 0 Å². The molecule has 2 heterocycles. The lowest BCUT2D eigenvalue weighted by atomic mass is 10.4. The van der Waals surface area contributed by atoms with Crippen LogP contribution in [0.15, 0.2) is 35.9 Å². The number of rotatable bonds is 2. The highest BCUT2D eigenvalue weighted by Crippen LogP contribution is 1.97. The first-order valence-corrected chi connectivity index (χ1v) is 4.23. The molecular weight excluding hydrogens is 180 g/mol. The first-order chi connectivity index (χ1) is 6.77. The molecule has 5 heteroatoms. The second kappa shape index (κ2) is 3.45. The zero-order valence-electron chi connectivity index (χ0n) is 7.79. The summed E-state index contributed by atoms with van der Waals surface area (Å²) < 4.78 is 3.41. The van der Waals surface area contributed by atoms with Crippen LogP contribution in [0.1, 0.15) is 5.69 Å². The van der Waals surface area contributed by atoms with Crippen molar-refractivity contribution in [3.8, 4) is 0 Å². The molecule has 0 fully saturated rings. The molecule has 0 aliphatic heterocycles. The summed E-state index contributed by atoms with van der Waals surface area (Å²) in [5.41, 5.74) is 0.918. The average Bonchev–Trinajstić information content (AvgIpc) is 2.56. The number of hydrogen-bond donors (Lipinski definition) is 0. The molecule has 0 aliphatic carbocycles. The topological polar surface area (TPSA) is 52.7 Å². The molecule has 0 amide bonds. The largest absolute Gasteiger partial charge is 0.336 e. The van der Waals surface area contributed by atoms with Crippen molar-refractivity contribution in [2.24, 2.45) is 7.05 Å². The van der Waals surface area contributed by atoms with E-state index in [1.54, 1.807) is 12.5 Å². The lowest BCUT2D eigenvalue weighted by Gasteiger charge is -2.04. The van der Waals surface area contributed by atoms with E-state index >= 15 is 0 Å². The van der Waals surface area contributed by atoms with Crippen LogP contribution in [0.5, 0.6) is 0 Å². The van der Waals surface area contributed by atoms with Crippen molar-refractivity contribution in [1.82, 2.24) is 19.1 Å². The van der Waals surface area contributed by atoms with E-state index in [1.165, 1.54) is 23.2 Å². The number of imidazole rings is 1. The molecule has 0 unspecified atom stereocenters. The van der Waals surface area contributed by atoms with Crippen molar-refractivity contribution in [3.63, 3.8) is 0 Å². The van der Waals surface area contributed by atoms with Gasteiger partial charge in [-0.05, 0) is 0 Å². The van der Waals surface area contributed by atoms with Gasteiger partial charge in [-0.3, -0.25) is 9.36 Å². The molecule has 72 valence electrons. The second-order valence-electron chi connectivity index (χ2n) is 3.04. The van der Waals surface area contributed by atoms with E-state index in [2.05, 4.69) is 9.97 Å². The maximum Gasteiger partial charge on any atom is 0.253 e. The van der Waals surface area contributed by atoms with Gasteiger partial charge in [0.2, 0.25) is 0 Å². The van der Waals surface area contributed by atoms with Gasteiger partial charge in [0.05, 0.1) is 24.9 Å². The molecule has 0 aliphatic rings. The fraction of sp³-hybridized carbons (Fsp3) is 0.222. The Hall–Kier alpha value is -1.91.